The Kier molecular flexibility index (Phi) is 6.72. The number of ketones is 1. The van der Waals surface area contributed by atoms with Gasteiger partial charge in [0, 0.05) is 46.8 Å². The number of benzene rings is 2. The van der Waals surface area contributed by atoms with Crippen LogP contribution in [0, 0.1) is 34.5 Å². The molecule has 2 saturated carbocycles. The number of piperidine rings is 1. The van der Waals surface area contributed by atoms with Gasteiger partial charge in [-0.15, -0.1) is 0 Å². The number of fused-ring (bicyclic) bond motifs is 5. The Balaban J connectivity index is 1.26. The van der Waals surface area contributed by atoms with E-state index in [1.54, 1.807) is 0 Å². The Morgan fingerprint density at radius 2 is 1.70 bits per heavy atom. The third-order valence-corrected chi connectivity index (χ3v) is 11.4. The van der Waals surface area contributed by atoms with Crippen LogP contribution < -0.4 is 10.6 Å². The lowest BCUT2D eigenvalue weighted by Gasteiger charge is -2.58. The van der Waals surface area contributed by atoms with Gasteiger partial charge in [0.15, 0.2) is 5.78 Å². The molecule has 6 atom stereocenters. The molecule has 0 aromatic heterocycles. The highest BCUT2D eigenvalue weighted by atomic mass is 35.5. The first-order chi connectivity index (χ1) is 18.9. The van der Waals surface area contributed by atoms with Crippen LogP contribution in [-0.4, -0.2) is 18.2 Å². The van der Waals surface area contributed by atoms with E-state index in [-0.39, 0.29) is 33.9 Å². The van der Waals surface area contributed by atoms with Crippen molar-refractivity contribution in [1.82, 2.24) is 5.32 Å². The highest BCUT2D eigenvalue weighted by Crippen LogP contribution is 2.64. The van der Waals surface area contributed by atoms with Crippen molar-refractivity contribution in [2.24, 2.45) is 34.5 Å². The molecule has 3 aliphatic carbocycles. The molecule has 3 fully saturated rings. The Bertz CT molecular complexity index is 1370. The van der Waals surface area contributed by atoms with Crippen LogP contribution in [-0.2, 0) is 15.0 Å². The molecule has 0 spiro atoms. The highest BCUT2D eigenvalue weighted by molar-refractivity contribution is 6.30. The number of hydrogen-bond acceptors (Lipinski definition) is 3. The zero-order chi connectivity index (χ0) is 28.4. The van der Waals surface area contributed by atoms with Gasteiger partial charge in [0.05, 0.1) is 0 Å². The fraction of sp³-hybridized carbons (Fsp3) is 0.543. The number of allylic oxidation sites excluding steroid dienone is 2. The topological polar surface area (TPSA) is 58.2 Å². The number of hydrogen-bond donors (Lipinski definition) is 2. The molecule has 212 valence electrons. The summed E-state index contributed by atoms with van der Waals surface area (Å²) in [6.07, 6.45) is 7.72. The van der Waals surface area contributed by atoms with E-state index in [2.05, 4.69) is 63.5 Å². The first-order valence-electron chi connectivity index (χ1n) is 15.1. The standard InChI is InChI=1S/C35H43ClN2O2/c1-33(2,3)28-11-8-22(21-6-9-23(36)10-7-21)18-30(28)38-32(40)29-13-12-26-25-20-37-31-19-24(39)14-16-35(31,5)27(25)15-17-34(26,29)4/h6-11,18-19,25-27,29,37H,12-17,20H2,1-5H3,(H,38,40)/t25?,26?,27?,29-,34+,35-/m1/s1. The van der Waals surface area contributed by atoms with Gasteiger partial charge in [-0.05, 0) is 95.6 Å². The Morgan fingerprint density at radius 1 is 0.975 bits per heavy atom. The van der Waals surface area contributed by atoms with Gasteiger partial charge in [0.1, 0.15) is 0 Å². The van der Waals surface area contributed by atoms with E-state index >= 15 is 0 Å². The minimum atomic E-state index is -0.100. The van der Waals surface area contributed by atoms with E-state index in [0.29, 0.717) is 29.2 Å². The van der Waals surface area contributed by atoms with Gasteiger partial charge in [-0.2, -0.15) is 0 Å². The number of nitrogens with one attached hydrogen (secondary N) is 2. The van der Waals surface area contributed by atoms with Crippen LogP contribution in [0.5, 0.6) is 0 Å². The van der Waals surface area contributed by atoms with Gasteiger partial charge >= 0.3 is 0 Å². The van der Waals surface area contributed by atoms with Crippen molar-refractivity contribution in [2.75, 3.05) is 11.9 Å². The monoisotopic (exact) mass is 558 g/mol. The van der Waals surface area contributed by atoms with Crippen molar-refractivity contribution in [3.63, 3.8) is 0 Å². The normalized spacial score (nSPS) is 33.2. The van der Waals surface area contributed by atoms with E-state index in [9.17, 15) is 9.59 Å². The van der Waals surface area contributed by atoms with Crippen molar-refractivity contribution in [3.8, 4) is 11.1 Å². The number of rotatable bonds is 3. The van der Waals surface area contributed by atoms with Gasteiger partial charge in [-0.3, -0.25) is 9.59 Å². The number of carbonyl (C=O) groups is 2. The molecule has 0 radical (unpaired) electrons. The number of anilines is 1. The number of amides is 1. The first-order valence-corrected chi connectivity index (χ1v) is 15.5. The van der Waals surface area contributed by atoms with E-state index in [1.165, 1.54) is 0 Å². The summed E-state index contributed by atoms with van der Waals surface area (Å²) in [5.74, 6) is 2.07. The summed E-state index contributed by atoms with van der Waals surface area (Å²) in [7, 11) is 0. The molecule has 2 aromatic carbocycles. The molecule has 6 rings (SSSR count). The second kappa shape index (κ2) is 9.76. The molecule has 1 amide bonds. The SMILES string of the molecule is CC(C)(C)c1ccc(-c2ccc(Cl)cc2)cc1NC(=O)[C@H]1CCC2C3CNC4=CC(=O)CC[C@]4(C)C3CC[C@@]21C. The van der Waals surface area contributed by atoms with E-state index in [1.807, 2.05) is 30.3 Å². The molecule has 4 aliphatic rings. The van der Waals surface area contributed by atoms with Crippen molar-refractivity contribution in [1.29, 1.82) is 0 Å². The summed E-state index contributed by atoms with van der Waals surface area (Å²) in [4.78, 5) is 26.3. The largest absolute Gasteiger partial charge is 0.387 e. The quantitative estimate of drug-likeness (QED) is 0.399. The van der Waals surface area contributed by atoms with Crippen LogP contribution >= 0.6 is 11.6 Å². The molecule has 4 nitrogen and oxygen atoms in total. The minimum absolute atomic E-state index is 0.00290. The maximum Gasteiger partial charge on any atom is 0.228 e. The van der Waals surface area contributed by atoms with Gasteiger partial charge in [0.2, 0.25) is 5.91 Å². The average molecular weight is 559 g/mol. The van der Waals surface area contributed by atoms with Crippen molar-refractivity contribution < 1.29 is 9.59 Å². The molecule has 3 unspecified atom stereocenters. The lowest BCUT2D eigenvalue weighted by atomic mass is 9.50. The van der Waals surface area contributed by atoms with Gasteiger partial charge in [-0.1, -0.05) is 70.5 Å². The van der Waals surface area contributed by atoms with Crippen LogP contribution in [0.3, 0.4) is 0 Å². The predicted octanol–water partition coefficient (Wildman–Crippen LogP) is 8.16. The lowest BCUT2D eigenvalue weighted by Crippen LogP contribution is -2.57. The molecule has 2 N–H and O–H groups in total. The molecule has 1 heterocycles. The zero-order valence-electron chi connectivity index (χ0n) is 24.6. The van der Waals surface area contributed by atoms with Crippen LogP contribution in [0.25, 0.3) is 11.1 Å². The third-order valence-electron chi connectivity index (χ3n) is 11.2. The lowest BCUT2D eigenvalue weighted by molar-refractivity contribution is -0.127. The number of carbonyl (C=O) groups excluding carboxylic acids is 2. The van der Waals surface area contributed by atoms with Crippen molar-refractivity contribution in [2.45, 2.75) is 78.6 Å². The van der Waals surface area contributed by atoms with Gasteiger partial charge in [0.25, 0.3) is 0 Å². The third kappa shape index (κ3) is 4.51. The average Bonchev–Trinajstić information content (AvgIpc) is 3.26. The fourth-order valence-corrected chi connectivity index (χ4v) is 9.04. The highest BCUT2D eigenvalue weighted by Gasteiger charge is 2.60. The Hall–Kier alpha value is -2.59. The smallest absolute Gasteiger partial charge is 0.228 e. The second-order valence-corrected chi connectivity index (χ2v) is 14.8. The Labute approximate surface area is 244 Å². The summed E-state index contributed by atoms with van der Waals surface area (Å²) < 4.78 is 0. The predicted molar refractivity (Wildman–Crippen MR) is 163 cm³/mol. The molecule has 5 heteroatoms. The van der Waals surface area contributed by atoms with E-state index < -0.39 is 0 Å². The summed E-state index contributed by atoms with van der Waals surface area (Å²) in [6.45, 7) is 12.3. The van der Waals surface area contributed by atoms with Gasteiger partial charge < -0.3 is 10.6 Å². The molecule has 1 saturated heterocycles. The summed E-state index contributed by atoms with van der Waals surface area (Å²) >= 11 is 6.14. The summed E-state index contributed by atoms with van der Waals surface area (Å²) in [5, 5.41) is 7.84. The zero-order valence-corrected chi connectivity index (χ0v) is 25.3. The van der Waals surface area contributed by atoms with Gasteiger partial charge in [-0.25, -0.2) is 0 Å². The van der Waals surface area contributed by atoms with Crippen molar-refractivity contribution in [3.05, 3.63) is 64.8 Å². The molecule has 0 bridgehead atoms. The molecule has 1 aliphatic heterocycles. The number of halogens is 1. The van der Waals surface area contributed by atoms with Crippen molar-refractivity contribution >= 4 is 29.0 Å². The van der Waals surface area contributed by atoms with E-state index in [4.69, 9.17) is 11.6 Å². The summed E-state index contributed by atoms with van der Waals surface area (Å²) in [6, 6.07) is 14.3. The fourth-order valence-electron chi connectivity index (χ4n) is 8.92. The molecular weight excluding hydrogens is 516 g/mol. The summed E-state index contributed by atoms with van der Waals surface area (Å²) in [5.41, 5.74) is 5.34. The van der Waals surface area contributed by atoms with Crippen LogP contribution in [0.15, 0.2) is 54.2 Å². The Morgan fingerprint density at radius 3 is 2.42 bits per heavy atom. The maximum absolute atomic E-state index is 14.1. The van der Waals surface area contributed by atoms with E-state index in [0.717, 1.165) is 66.7 Å². The van der Waals surface area contributed by atoms with Crippen LogP contribution in [0.4, 0.5) is 5.69 Å². The molecular formula is C35H43ClN2O2. The molecule has 2 aromatic rings. The second-order valence-electron chi connectivity index (χ2n) is 14.4. The molecule has 40 heavy (non-hydrogen) atoms. The minimum Gasteiger partial charge on any atom is -0.387 e. The maximum atomic E-state index is 14.1. The van der Waals surface area contributed by atoms with Crippen LogP contribution in [0.2, 0.25) is 5.02 Å². The first kappa shape index (κ1) is 27.6. The van der Waals surface area contributed by atoms with Crippen LogP contribution in [0.1, 0.15) is 78.7 Å².